The molecule has 2 aromatic carbocycles. The van der Waals surface area contributed by atoms with Crippen molar-refractivity contribution >= 4 is 23.3 Å². The highest BCUT2D eigenvalue weighted by atomic mass is 35.5. The van der Waals surface area contributed by atoms with Gasteiger partial charge in [0.05, 0.1) is 18.7 Å². The van der Waals surface area contributed by atoms with Crippen LogP contribution >= 0.6 is 11.6 Å². The Kier molecular flexibility index (Phi) is 10.8. The smallest absolute Gasteiger partial charge is 0.259 e. The lowest BCUT2D eigenvalue weighted by Crippen LogP contribution is -2.32. The van der Waals surface area contributed by atoms with Gasteiger partial charge in [-0.1, -0.05) is 44.0 Å². The lowest BCUT2D eigenvalue weighted by molar-refractivity contribution is 0.0973. The highest BCUT2D eigenvalue weighted by Crippen LogP contribution is 2.23. The van der Waals surface area contributed by atoms with Crippen molar-refractivity contribution in [1.82, 2.24) is 15.6 Å². The molecule has 0 saturated carbocycles. The Balaban J connectivity index is 1.63. The second-order valence-corrected chi connectivity index (χ2v) is 9.83. The summed E-state index contributed by atoms with van der Waals surface area (Å²) in [6.45, 7) is 9.64. The van der Waals surface area contributed by atoms with Crippen LogP contribution in [0.25, 0.3) is 0 Å². The first kappa shape index (κ1) is 27.7. The molecule has 2 aromatic rings. The van der Waals surface area contributed by atoms with Gasteiger partial charge in [0.25, 0.3) is 5.91 Å². The third kappa shape index (κ3) is 8.64. The molecule has 1 saturated heterocycles. The number of nitrogens with zero attached hydrogens (tertiary/aromatic N) is 2. The van der Waals surface area contributed by atoms with Crippen LogP contribution < -0.4 is 15.5 Å². The summed E-state index contributed by atoms with van der Waals surface area (Å²) in [5.41, 5.74) is 4.64. The van der Waals surface area contributed by atoms with Crippen molar-refractivity contribution in [3.05, 3.63) is 76.1 Å². The number of benzene rings is 2. The molecule has 8 heteroatoms. The number of amides is 1. The molecule has 2 N–H and O–H groups in total. The topological polar surface area (TPSA) is 66.0 Å². The van der Waals surface area contributed by atoms with Crippen LogP contribution in [0.15, 0.2) is 53.7 Å². The molecule has 0 aromatic heterocycles. The Labute approximate surface area is 218 Å². The fourth-order valence-electron chi connectivity index (χ4n) is 3.96. The molecule has 0 atom stereocenters. The van der Waals surface area contributed by atoms with E-state index in [0.29, 0.717) is 30.6 Å². The summed E-state index contributed by atoms with van der Waals surface area (Å²) >= 11 is 6.16. The largest absolute Gasteiger partial charge is 0.493 e. The number of halogens is 2. The van der Waals surface area contributed by atoms with E-state index in [4.69, 9.17) is 16.3 Å². The van der Waals surface area contributed by atoms with Crippen LogP contribution in [0.5, 0.6) is 5.75 Å². The summed E-state index contributed by atoms with van der Waals surface area (Å²) in [6.07, 6.45) is 6.99. The summed E-state index contributed by atoms with van der Waals surface area (Å²) in [4.78, 5) is 15.1. The van der Waals surface area contributed by atoms with E-state index in [1.54, 1.807) is 18.2 Å². The van der Waals surface area contributed by atoms with Gasteiger partial charge >= 0.3 is 0 Å². The van der Waals surface area contributed by atoms with Crippen molar-refractivity contribution in [3.8, 4) is 5.75 Å². The summed E-state index contributed by atoms with van der Waals surface area (Å²) in [7, 11) is 0. The van der Waals surface area contributed by atoms with E-state index in [-0.39, 0.29) is 11.4 Å². The molecule has 0 spiro atoms. The SMILES string of the molecule is C/C=C/C(=N\NCc1cc(Cl)ccc1OCC(C)C)NC(=O)c1ccc(CN2CCCCC2)cc1F. The van der Waals surface area contributed by atoms with E-state index in [1.807, 2.05) is 25.1 Å². The van der Waals surface area contributed by atoms with Crippen molar-refractivity contribution in [2.24, 2.45) is 11.0 Å². The quantitative estimate of drug-likeness (QED) is 0.235. The molecule has 0 unspecified atom stereocenters. The zero-order valence-corrected chi connectivity index (χ0v) is 22.1. The number of hydrogen-bond acceptors (Lipinski definition) is 5. The van der Waals surface area contributed by atoms with E-state index in [0.717, 1.165) is 30.0 Å². The van der Waals surface area contributed by atoms with Gasteiger partial charge in [-0.05, 0) is 80.7 Å². The van der Waals surface area contributed by atoms with Gasteiger partial charge in [-0.25, -0.2) is 4.39 Å². The lowest BCUT2D eigenvalue weighted by atomic mass is 10.1. The Bertz CT molecular complexity index is 1080. The van der Waals surface area contributed by atoms with Crippen LogP contribution in [0.3, 0.4) is 0 Å². The monoisotopic (exact) mass is 514 g/mol. The molecule has 0 bridgehead atoms. The average molecular weight is 515 g/mol. The number of nitrogens with one attached hydrogen (secondary N) is 2. The Morgan fingerprint density at radius 2 is 1.97 bits per heavy atom. The molecule has 1 amide bonds. The summed E-state index contributed by atoms with van der Waals surface area (Å²) < 4.78 is 20.7. The number of hydrazone groups is 1. The number of piperidine rings is 1. The lowest BCUT2D eigenvalue weighted by Gasteiger charge is -2.26. The molecule has 1 aliphatic heterocycles. The minimum Gasteiger partial charge on any atom is -0.493 e. The number of ether oxygens (including phenoxy) is 1. The van der Waals surface area contributed by atoms with E-state index in [9.17, 15) is 9.18 Å². The first-order valence-electron chi connectivity index (χ1n) is 12.5. The standard InChI is InChI=1S/C28H36ClFN4O2/c1-4-8-27(33-31-17-22-16-23(29)10-12-26(22)36-19-20(2)3)32-28(35)24-11-9-21(15-25(24)30)18-34-13-6-5-7-14-34/h4,8-12,15-16,20,31H,5-7,13-14,17-19H2,1-3H3,(H,32,33,35)/b8-4+. The molecular weight excluding hydrogens is 479 g/mol. The van der Waals surface area contributed by atoms with Gasteiger partial charge in [-0.2, -0.15) is 5.10 Å². The molecule has 1 heterocycles. The predicted molar refractivity (Wildman–Crippen MR) is 144 cm³/mol. The predicted octanol–water partition coefficient (Wildman–Crippen LogP) is 5.91. The van der Waals surface area contributed by atoms with Crippen LogP contribution in [0.4, 0.5) is 4.39 Å². The van der Waals surface area contributed by atoms with Gasteiger partial charge in [-0.15, -0.1) is 0 Å². The van der Waals surface area contributed by atoms with Crippen LogP contribution in [-0.2, 0) is 13.1 Å². The summed E-state index contributed by atoms with van der Waals surface area (Å²) in [6, 6.07) is 10.2. The third-order valence-corrected chi connectivity index (χ3v) is 6.00. The summed E-state index contributed by atoms with van der Waals surface area (Å²) in [5.74, 6) is 0.278. The van der Waals surface area contributed by atoms with Crippen molar-refractivity contribution in [3.63, 3.8) is 0 Å². The molecule has 194 valence electrons. The van der Waals surface area contributed by atoms with Gasteiger partial charge in [0.15, 0.2) is 5.84 Å². The van der Waals surface area contributed by atoms with Crippen molar-refractivity contribution < 1.29 is 13.9 Å². The molecule has 0 aliphatic carbocycles. The van der Waals surface area contributed by atoms with Gasteiger partial charge < -0.3 is 15.5 Å². The van der Waals surface area contributed by atoms with E-state index < -0.39 is 11.7 Å². The third-order valence-electron chi connectivity index (χ3n) is 5.76. The minimum absolute atomic E-state index is 0.0196. The zero-order valence-electron chi connectivity index (χ0n) is 21.3. The maximum absolute atomic E-state index is 14.8. The van der Waals surface area contributed by atoms with Crippen LogP contribution in [-0.4, -0.2) is 36.3 Å². The first-order chi connectivity index (χ1) is 17.4. The average Bonchev–Trinajstić information content (AvgIpc) is 2.84. The normalized spacial score (nSPS) is 14.9. The molecule has 6 nitrogen and oxygen atoms in total. The Morgan fingerprint density at radius 1 is 1.19 bits per heavy atom. The molecule has 36 heavy (non-hydrogen) atoms. The minimum atomic E-state index is -0.556. The van der Waals surface area contributed by atoms with Gasteiger partial charge in [-0.3, -0.25) is 9.69 Å². The molecule has 0 radical (unpaired) electrons. The number of carbonyl (C=O) groups is 1. The van der Waals surface area contributed by atoms with Crippen molar-refractivity contribution in [1.29, 1.82) is 0 Å². The molecule has 1 aliphatic rings. The van der Waals surface area contributed by atoms with Crippen LogP contribution in [0.1, 0.15) is 61.5 Å². The molecule has 1 fully saturated rings. The van der Waals surface area contributed by atoms with Gasteiger partial charge in [0.2, 0.25) is 0 Å². The fourth-order valence-corrected chi connectivity index (χ4v) is 4.15. The highest BCUT2D eigenvalue weighted by molar-refractivity contribution is 6.30. The maximum Gasteiger partial charge on any atom is 0.259 e. The van der Waals surface area contributed by atoms with Gasteiger partial charge in [0, 0.05) is 17.1 Å². The highest BCUT2D eigenvalue weighted by Gasteiger charge is 2.16. The second kappa shape index (κ2) is 14.0. The fraction of sp³-hybridized carbons (Fsp3) is 0.429. The first-order valence-corrected chi connectivity index (χ1v) is 12.9. The van der Waals surface area contributed by atoms with E-state index >= 15 is 0 Å². The number of carbonyl (C=O) groups excluding carboxylic acids is 1. The number of likely N-dealkylation sites (tertiary alicyclic amines) is 1. The molecular formula is C28H36ClFN4O2. The Morgan fingerprint density at radius 3 is 2.67 bits per heavy atom. The molecule has 3 rings (SSSR count). The maximum atomic E-state index is 14.8. The van der Waals surface area contributed by atoms with Crippen molar-refractivity contribution in [2.45, 2.75) is 53.1 Å². The number of rotatable bonds is 10. The van der Waals surface area contributed by atoms with Gasteiger partial charge in [0.1, 0.15) is 11.6 Å². The van der Waals surface area contributed by atoms with Crippen molar-refractivity contribution in [2.75, 3.05) is 19.7 Å². The Hall–Kier alpha value is -2.90. The summed E-state index contributed by atoms with van der Waals surface area (Å²) in [5, 5.41) is 7.56. The number of hydrogen-bond donors (Lipinski definition) is 2. The number of allylic oxidation sites excluding steroid dienone is 1. The van der Waals surface area contributed by atoms with Crippen LogP contribution in [0, 0.1) is 11.7 Å². The van der Waals surface area contributed by atoms with Crippen LogP contribution in [0.2, 0.25) is 5.02 Å². The second-order valence-electron chi connectivity index (χ2n) is 9.39. The number of amidine groups is 1. The van der Waals surface area contributed by atoms with E-state index in [1.165, 1.54) is 31.4 Å². The van der Waals surface area contributed by atoms with E-state index in [2.05, 4.69) is 34.6 Å². The zero-order chi connectivity index (χ0) is 25.9.